The molecule has 0 aliphatic carbocycles. The van der Waals surface area contributed by atoms with Gasteiger partial charge in [0.2, 0.25) is 11.8 Å². The number of piperidine rings is 1. The Kier molecular flexibility index (Phi) is 4.79. The molecule has 0 saturated carbocycles. The molecule has 1 aliphatic rings. The second-order valence-electron chi connectivity index (χ2n) is 7.04. The van der Waals surface area contributed by atoms with E-state index in [1.807, 2.05) is 23.1 Å². The van der Waals surface area contributed by atoms with Crippen molar-refractivity contribution >= 4 is 11.6 Å². The molecule has 27 heavy (non-hydrogen) atoms. The summed E-state index contributed by atoms with van der Waals surface area (Å²) in [5, 5.41) is 4.52. The van der Waals surface area contributed by atoms with Crippen LogP contribution in [0.3, 0.4) is 0 Å². The predicted octanol–water partition coefficient (Wildman–Crippen LogP) is 3.27. The van der Waals surface area contributed by atoms with E-state index in [9.17, 15) is 4.79 Å². The van der Waals surface area contributed by atoms with E-state index in [1.54, 1.807) is 17.7 Å². The Morgan fingerprint density at radius 2 is 1.81 bits per heavy atom. The van der Waals surface area contributed by atoms with Gasteiger partial charge < -0.3 is 9.64 Å². The van der Waals surface area contributed by atoms with Gasteiger partial charge in [-0.15, -0.1) is 5.10 Å². The average Bonchev–Trinajstić information content (AvgIpc) is 3.06. The van der Waals surface area contributed by atoms with Gasteiger partial charge in [-0.25, -0.2) is 9.50 Å². The van der Waals surface area contributed by atoms with E-state index in [-0.39, 0.29) is 12.3 Å². The van der Waals surface area contributed by atoms with Crippen molar-refractivity contribution in [3.63, 3.8) is 0 Å². The molecule has 0 N–H and O–H groups in total. The number of hydrogen-bond donors (Lipinski definition) is 0. The molecule has 1 aliphatic heterocycles. The number of methoxy groups -OCH3 is 1. The van der Waals surface area contributed by atoms with E-state index >= 15 is 0 Å². The third-order valence-electron chi connectivity index (χ3n) is 5.11. The van der Waals surface area contributed by atoms with Crippen LogP contribution < -0.4 is 4.74 Å². The van der Waals surface area contributed by atoms with Crippen LogP contribution in [0, 0.1) is 6.92 Å². The van der Waals surface area contributed by atoms with Gasteiger partial charge in [0.05, 0.1) is 24.9 Å². The minimum atomic E-state index is 0.134. The smallest absolute Gasteiger partial charge is 0.231 e. The first kappa shape index (κ1) is 17.5. The Morgan fingerprint density at radius 3 is 2.52 bits per heavy atom. The average molecular weight is 364 g/mol. The molecule has 3 aromatic rings. The minimum absolute atomic E-state index is 0.134. The molecule has 1 fully saturated rings. The lowest BCUT2D eigenvalue weighted by Crippen LogP contribution is -2.36. The highest BCUT2D eigenvalue weighted by molar-refractivity contribution is 5.81. The van der Waals surface area contributed by atoms with Gasteiger partial charge in [-0.05, 0) is 32.3 Å². The van der Waals surface area contributed by atoms with Crippen molar-refractivity contribution in [2.75, 3.05) is 20.2 Å². The molecule has 1 aromatic carbocycles. The van der Waals surface area contributed by atoms with Crippen LogP contribution in [0.15, 0.2) is 36.4 Å². The lowest BCUT2D eigenvalue weighted by molar-refractivity contribution is -0.131. The van der Waals surface area contributed by atoms with E-state index in [0.29, 0.717) is 11.5 Å². The molecule has 0 spiro atoms. The van der Waals surface area contributed by atoms with Gasteiger partial charge in [0.15, 0.2) is 5.65 Å². The highest BCUT2D eigenvalue weighted by atomic mass is 16.5. The molecule has 0 radical (unpaired) electrons. The van der Waals surface area contributed by atoms with Crippen LogP contribution in [0.2, 0.25) is 0 Å². The highest BCUT2D eigenvalue weighted by Gasteiger charge is 2.22. The standard InChI is InChI=1S/C21H24N4O2/c1-15-6-8-16(9-7-15)21-17(14-20(26)24-12-4-3-5-13-24)25-18(22-21)10-11-19(23-25)27-2/h6-11H,3-5,12-14H2,1-2H3. The maximum atomic E-state index is 12.9. The lowest BCUT2D eigenvalue weighted by Gasteiger charge is -2.26. The number of carbonyl (C=O) groups excluding carboxylic acids is 1. The number of aromatic nitrogens is 3. The zero-order valence-corrected chi connectivity index (χ0v) is 15.8. The van der Waals surface area contributed by atoms with E-state index in [2.05, 4.69) is 24.2 Å². The summed E-state index contributed by atoms with van der Waals surface area (Å²) >= 11 is 0. The third kappa shape index (κ3) is 3.52. The Morgan fingerprint density at radius 1 is 1.07 bits per heavy atom. The summed E-state index contributed by atoms with van der Waals surface area (Å²) in [6.07, 6.45) is 3.64. The van der Waals surface area contributed by atoms with Crippen LogP contribution in [-0.2, 0) is 11.2 Å². The first-order valence-electron chi connectivity index (χ1n) is 9.43. The number of hydrogen-bond acceptors (Lipinski definition) is 4. The summed E-state index contributed by atoms with van der Waals surface area (Å²) in [5.74, 6) is 0.636. The topological polar surface area (TPSA) is 59.7 Å². The quantitative estimate of drug-likeness (QED) is 0.713. The van der Waals surface area contributed by atoms with Gasteiger partial charge in [-0.2, -0.15) is 0 Å². The zero-order valence-electron chi connectivity index (χ0n) is 15.8. The van der Waals surface area contributed by atoms with E-state index in [4.69, 9.17) is 9.72 Å². The first-order chi connectivity index (χ1) is 13.2. The fraction of sp³-hybridized carbons (Fsp3) is 0.381. The molecule has 0 atom stereocenters. The second-order valence-corrected chi connectivity index (χ2v) is 7.04. The number of rotatable bonds is 4. The second kappa shape index (κ2) is 7.39. The molecular formula is C21H24N4O2. The summed E-state index contributed by atoms with van der Waals surface area (Å²) in [4.78, 5) is 19.6. The summed E-state index contributed by atoms with van der Waals surface area (Å²) in [6.45, 7) is 3.74. The fourth-order valence-electron chi connectivity index (χ4n) is 3.57. The maximum Gasteiger partial charge on any atom is 0.231 e. The van der Waals surface area contributed by atoms with Crippen molar-refractivity contribution in [1.29, 1.82) is 0 Å². The SMILES string of the molecule is COc1ccc2nc(-c3ccc(C)cc3)c(CC(=O)N3CCCCC3)n2n1. The molecule has 4 rings (SSSR count). The summed E-state index contributed by atoms with van der Waals surface area (Å²) in [7, 11) is 1.59. The van der Waals surface area contributed by atoms with Crippen LogP contribution in [0.1, 0.15) is 30.5 Å². The summed E-state index contributed by atoms with van der Waals surface area (Å²) < 4.78 is 7.02. The first-order valence-corrected chi connectivity index (χ1v) is 9.43. The van der Waals surface area contributed by atoms with Crippen molar-refractivity contribution in [2.45, 2.75) is 32.6 Å². The number of aryl methyl sites for hydroxylation is 1. The number of nitrogens with zero attached hydrogens (tertiary/aromatic N) is 4. The van der Waals surface area contributed by atoms with Gasteiger partial charge in [-0.3, -0.25) is 4.79 Å². The summed E-state index contributed by atoms with van der Waals surface area (Å²) in [6, 6.07) is 11.9. The predicted molar refractivity (Wildman–Crippen MR) is 104 cm³/mol. The Bertz CT molecular complexity index is 956. The number of likely N-dealkylation sites (tertiary alicyclic amines) is 1. The van der Waals surface area contributed by atoms with E-state index in [0.717, 1.165) is 42.9 Å². The number of benzene rings is 1. The molecule has 1 saturated heterocycles. The molecule has 3 heterocycles. The van der Waals surface area contributed by atoms with E-state index in [1.165, 1.54) is 12.0 Å². The monoisotopic (exact) mass is 364 g/mol. The molecule has 2 aromatic heterocycles. The number of imidazole rings is 1. The van der Waals surface area contributed by atoms with Gasteiger partial charge in [-0.1, -0.05) is 29.8 Å². The Labute approximate surface area is 158 Å². The summed E-state index contributed by atoms with van der Waals surface area (Å²) in [5.41, 5.74) is 4.51. The largest absolute Gasteiger partial charge is 0.480 e. The fourth-order valence-corrected chi connectivity index (χ4v) is 3.57. The zero-order chi connectivity index (χ0) is 18.8. The van der Waals surface area contributed by atoms with Crippen molar-refractivity contribution in [1.82, 2.24) is 19.5 Å². The van der Waals surface area contributed by atoms with Gasteiger partial charge in [0.1, 0.15) is 0 Å². The van der Waals surface area contributed by atoms with E-state index < -0.39 is 0 Å². The van der Waals surface area contributed by atoms with Crippen LogP contribution in [0.25, 0.3) is 16.9 Å². The molecule has 0 bridgehead atoms. The van der Waals surface area contributed by atoms with Gasteiger partial charge in [0, 0.05) is 24.7 Å². The number of carbonyl (C=O) groups is 1. The molecule has 140 valence electrons. The van der Waals surface area contributed by atoms with Crippen molar-refractivity contribution in [2.24, 2.45) is 0 Å². The normalized spacial score (nSPS) is 14.5. The highest BCUT2D eigenvalue weighted by Crippen LogP contribution is 2.26. The van der Waals surface area contributed by atoms with Crippen LogP contribution in [-0.4, -0.2) is 45.6 Å². The minimum Gasteiger partial charge on any atom is -0.480 e. The Hall–Kier alpha value is -2.89. The Balaban J connectivity index is 1.78. The molecule has 0 unspecified atom stereocenters. The molecule has 6 nitrogen and oxygen atoms in total. The van der Waals surface area contributed by atoms with Crippen molar-refractivity contribution in [3.05, 3.63) is 47.7 Å². The molecule has 6 heteroatoms. The van der Waals surface area contributed by atoms with Crippen molar-refractivity contribution < 1.29 is 9.53 Å². The van der Waals surface area contributed by atoms with Crippen LogP contribution in [0.4, 0.5) is 0 Å². The number of fused-ring (bicyclic) bond motifs is 1. The van der Waals surface area contributed by atoms with Gasteiger partial charge >= 0.3 is 0 Å². The number of amides is 1. The van der Waals surface area contributed by atoms with Crippen LogP contribution in [0.5, 0.6) is 5.88 Å². The number of ether oxygens (including phenoxy) is 1. The molecule has 1 amide bonds. The van der Waals surface area contributed by atoms with Crippen molar-refractivity contribution in [3.8, 4) is 17.1 Å². The van der Waals surface area contributed by atoms with Gasteiger partial charge in [0.25, 0.3) is 0 Å². The van der Waals surface area contributed by atoms with Crippen LogP contribution >= 0.6 is 0 Å². The lowest BCUT2D eigenvalue weighted by atomic mass is 10.1. The third-order valence-corrected chi connectivity index (χ3v) is 5.11. The maximum absolute atomic E-state index is 12.9. The molecular weight excluding hydrogens is 340 g/mol.